The normalized spacial score (nSPS) is 15.8. The Kier molecular flexibility index (Phi) is 8.35. The summed E-state index contributed by atoms with van der Waals surface area (Å²) in [5.41, 5.74) is 10.1. The number of aliphatic imine (C=N–C) groups is 1. The van der Waals surface area contributed by atoms with Crippen molar-refractivity contribution in [3.05, 3.63) is 71.2 Å². The molecule has 194 valence electrons. The van der Waals surface area contributed by atoms with E-state index in [1.165, 1.54) is 6.21 Å². The van der Waals surface area contributed by atoms with Crippen molar-refractivity contribution >= 4 is 23.8 Å². The molecule has 0 unspecified atom stereocenters. The van der Waals surface area contributed by atoms with Gasteiger partial charge >= 0.3 is 5.97 Å². The van der Waals surface area contributed by atoms with Gasteiger partial charge in [0.15, 0.2) is 0 Å². The van der Waals surface area contributed by atoms with Crippen LogP contribution in [-0.4, -0.2) is 55.9 Å². The highest BCUT2D eigenvalue weighted by molar-refractivity contribution is 6.37. The van der Waals surface area contributed by atoms with Crippen molar-refractivity contribution in [1.82, 2.24) is 19.9 Å². The minimum atomic E-state index is -0.718. The van der Waals surface area contributed by atoms with Gasteiger partial charge in [-0.2, -0.15) is 10.4 Å². The summed E-state index contributed by atoms with van der Waals surface area (Å²) in [6.45, 7) is 3.84. The summed E-state index contributed by atoms with van der Waals surface area (Å²) >= 11 is 0. The topological polar surface area (TPSA) is 180 Å². The number of aromatic nitrogens is 3. The number of piperidine rings is 1. The number of carbonyl (C=O) groups is 1. The fourth-order valence-electron chi connectivity index (χ4n) is 4.42. The number of nitrogen functional groups attached to an aromatic ring is 1. The van der Waals surface area contributed by atoms with E-state index in [0.29, 0.717) is 42.0 Å². The van der Waals surface area contributed by atoms with Gasteiger partial charge < -0.3 is 16.7 Å². The van der Waals surface area contributed by atoms with Crippen LogP contribution in [0.5, 0.6) is 0 Å². The molecule has 0 bridgehead atoms. The van der Waals surface area contributed by atoms with Gasteiger partial charge in [0.05, 0.1) is 53.1 Å². The molecule has 1 fully saturated rings. The number of pyridine rings is 1. The van der Waals surface area contributed by atoms with E-state index in [0.717, 1.165) is 30.0 Å². The SMILES string of the molecule is C[C@@H](c1cccc(CN=C/C(=N\N)c2cc(-c3cccc(C#N)c3)nc(N)n2)n1)N1CCC(C(=O)O)CC1. The molecular formula is C27H29N9O2. The molecule has 1 atom stereocenters. The highest BCUT2D eigenvalue weighted by atomic mass is 16.4. The number of benzene rings is 1. The van der Waals surface area contributed by atoms with Crippen LogP contribution in [0.3, 0.4) is 0 Å². The maximum atomic E-state index is 11.2. The van der Waals surface area contributed by atoms with Gasteiger partial charge in [0.2, 0.25) is 5.95 Å². The molecule has 5 N–H and O–H groups in total. The molecule has 3 heterocycles. The number of aliphatic carboxylic acids is 1. The van der Waals surface area contributed by atoms with Crippen LogP contribution in [0, 0.1) is 17.2 Å². The van der Waals surface area contributed by atoms with Gasteiger partial charge in [-0.3, -0.25) is 19.7 Å². The number of rotatable bonds is 8. The molecule has 1 aromatic carbocycles. The lowest BCUT2D eigenvalue weighted by molar-refractivity contribution is -0.143. The molecule has 1 aliphatic heterocycles. The molecule has 11 heteroatoms. The monoisotopic (exact) mass is 511 g/mol. The van der Waals surface area contributed by atoms with E-state index in [4.69, 9.17) is 16.6 Å². The zero-order valence-electron chi connectivity index (χ0n) is 21.0. The molecule has 0 spiro atoms. The summed E-state index contributed by atoms with van der Waals surface area (Å²) in [5, 5.41) is 22.3. The molecule has 11 nitrogen and oxygen atoms in total. The second kappa shape index (κ2) is 12.0. The average Bonchev–Trinajstić information content (AvgIpc) is 2.95. The van der Waals surface area contributed by atoms with Crippen LogP contribution < -0.4 is 11.6 Å². The Morgan fingerprint density at radius 2 is 1.97 bits per heavy atom. The molecule has 38 heavy (non-hydrogen) atoms. The third-order valence-electron chi connectivity index (χ3n) is 6.58. The quantitative estimate of drug-likeness (QED) is 0.233. The Hall–Kier alpha value is -4.69. The second-order valence-corrected chi connectivity index (χ2v) is 9.05. The van der Waals surface area contributed by atoms with Gasteiger partial charge in [0, 0.05) is 11.6 Å². The number of carboxylic acid groups (broad SMARTS) is 1. The summed E-state index contributed by atoms with van der Waals surface area (Å²) in [6.07, 6.45) is 2.81. The molecular weight excluding hydrogens is 482 g/mol. The third-order valence-corrected chi connectivity index (χ3v) is 6.58. The number of nitriles is 1. The number of likely N-dealkylation sites (tertiary alicyclic amines) is 1. The zero-order chi connectivity index (χ0) is 27.1. The van der Waals surface area contributed by atoms with Crippen LogP contribution in [0.1, 0.15) is 48.5 Å². The standard InChI is InChI=1S/C27H29N9O2/c1-17(36-10-8-19(9-11-36)26(37)38)22-7-3-6-21(32-22)15-31-16-25(35-30)24-13-23(33-27(29)34-24)20-5-2-4-18(12-20)14-28/h2-7,12-13,16-17,19H,8-11,15,30H2,1H3,(H,37,38)(H2,29,33,34)/b31-16?,35-25+/t17-/m0/s1. The number of hydrogen-bond acceptors (Lipinski definition) is 10. The summed E-state index contributed by atoms with van der Waals surface area (Å²) in [6, 6.07) is 16.7. The van der Waals surface area contributed by atoms with Gasteiger partial charge in [0.1, 0.15) is 5.71 Å². The van der Waals surface area contributed by atoms with Gasteiger partial charge in [-0.25, -0.2) is 9.97 Å². The molecule has 1 aliphatic rings. The fourth-order valence-corrected chi connectivity index (χ4v) is 4.42. The lowest BCUT2D eigenvalue weighted by Crippen LogP contribution is -2.38. The molecule has 4 rings (SSSR count). The lowest BCUT2D eigenvalue weighted by Gasteiger charge is -2.34. The Labute approximate surface area is 220 Å². The summed E-state index contributed by atoms with van der Waals surface area (Å²) < 4.78 is 0. The van der Waals surface area contributed by atoms with E-state index >= 15 is 0 Å². The van der Waals surface area contributed by atoms with Crippen LogP contribution in [0.15, 0.2) is 58.6 Å². The number of nitrogens with two attached hydrogens (primary N) is 2. The van der Waals surface area contributed by atoms with Gasteiger partial charge in [0.25, 0.3) is 0 Å². The molecule has 0 amide bonds. The first-order valence-electron chi connectivity index (χ1n) is 12.2. The maximum absolute atomic E-state index is 11.2. The van der Waals surface area contributed by atoms with Crippen molar-refractivity contribution in [3.63, 3.8) is 0 Å². The van der Waals surface area contributed by atoms with Crippen molar-refractivity contribution in [1.29, 1.82) is 5.26 Å². The molecule has 0 saturated carbocycles. The van der Waals surface area contributed by atoms with E-state index in [2.05, 4.69) is 38.0 Å². The molecule has 3 aromatic rings. The Bertz CT molecular complexity index is 1410. The minimum absolute atomic E-state index is 0.0464. The van der Waals surface area contributed by atoms with Crippen molar-refractivity contribution in [3.8, 4) is 17.3 Å². The van der Waals surface area contributed by atoms with Gasteiger partial charge in [-0.05, 0) is 63.2 Å². The number of hydrogen-bond donors (Lipinski definition) is 3. The zero-order valence-corrected chi connectivity index (χ0v) is 21.0. The van der Waals surface area contributed by atoms with Crippen molar-refractivity contribution in [2.24, 2.45) is 21.9 Å². The average molecular weight is 512 g/mol. The first kappa shape index (κ1) is 26.4. The molecule has 0 radical (unpaired) electrons. The highest BCUT2D eigenvalue weighted by Crippen LogP contribution is 2.26. The molecule has 0 aliphatic carbocycles. The van der Waals surface area contributed by atoms with Crippen LogP contribution >= 0.6 is 0 Å². The van der Waals surface area contributed by atoms with Crippen LogP contribution in [-0.2, 0) is 11.3 Å². The van der Waals surface area contributed by atoms with Crippen molar-refractivity contribution in [2.75, 3.05) is 18.8 Å². The number of hydrazone groups is 1. The van der Waals surface area contributed by atoms with Gasteiger partial charge in [-0.1, -0.05) is 18.2 Å². The van der Waals surface area contributed by atoms with E-state index < -0.39 is 5.97 Å². The van der Waals surface area contributed by atoms with E-state index in [1.807, 2.05) is 24.3 Å². The van der Waals surface area contributed by atoms with Crippen LogP contribution in [0.25, 0.3) is 11.3 Å². The van der Waals surface area contributed by atoms with Crippen LogP contribution in [0.4, 0.5) is 5.95 Å². The predicted molar refractivity (Wildman–Crippen MR) is 144 cm³/mol. The predicted octanol–water partition coefficient (Wildman–Crippen LogP) is 2.78. The maximum Gasteiger partial charge on any atom is 0.306 e. The second-order valence-electron chi connectivity index (χ2n) is 9.05. The Morgan fingerprint density at radius 1 is 1.21 bits per heavy atom. The first-order chi connectivity index (χ1) is 18.4. The number of nitrogens with zero attached hydrogens (tertiary/aromatic N) is 7. The molecule has 1 saturated heterocycles. The highest BCUT2D eigenvalue weighted by Gasteiger charge is 2.27. The number of anilines is 1. The van der Waals surface area contributed by atoms with E-state index in [1.54, 1.807) is 24.3 Å². The summed E-state index contributed by atoms with van der Waals surface area (Å²) in [4.78, 5) is 31.3. The summed E-state index contributed by atoms with van der Waals surface area (Å²) in [7, 11) is 0. The minimum Gasteiger partial charge on any atom is -0.481 e. The first-order valence-corrected chi connectivity index (χ1v) is 12.2. The number of carboxylic acids is 1. The lowest BCUT2D eigenvalue weighted by atomic mass is 9.95. The van der Waals surface area contributed by atoms with Crippen LogP contribution in [0.2, 0.25) is 0 Å². The largest absolute Gasteiger partial charge is 0.481 e. The Morgan fingerprint density at radius 3 is 2.68 bits per heavy atom. The third kappa shape index (κ3) is 6.35. The van der Waals surface area contributed by atoms with E-state index in [9.17, 15) is 15.2 Å². The van der Waals surface area contributed by atoms with Crippen molar-refractivity contribution < 1.29 is 9.90 Å². The van der Waals surface area contributed by atoms with Gasteiger partial charge in [-0.15, -0.1) is 0 Å². The smallest absolute Gasteiger partial charge is 0.306 e. The van der Waals surface area contributed by atoms with E-state index in [-0.39, 0.29) is 17.9 Å². The fraction of sp³-hybridized carbons (Fsp3) is 0.296. The molecule has 2 aromatic heterocycles. The summed E-state index contributed by atoms with van der Waals surface area (Å²) in [5.74, 6) is 4.70. The Balaban J connectivity index is 1.45. The van der Waals surface area contributed by atoms with Crippen molar-refractivity contribution in [2.45, 2.75) is 32.4 Å².